The van der Waals surface area contributed by atoms with Crippen LogP contribution in [0.15, 0.2) is 0 Å². The van der Waals surface area contributed by atoms with E-state index in [9.17, 15) is 9.59 Å². The van der Waals surface area contributed by atoms with Crippen LogP contribution >= 0.6 is 0 Å². The lowest BCUT2D eigenvalue weighted by Gasteiger charge is -2.07. The highest BCUT2D eigenvalue weighted by atomic mass is 16.5. The second-order valence-corrected chi connectivity index (χ2v) is 6.60. The highest BCUT2D eigenvalue weighted by molar-refractivity contribution is 5.72. The smallest absolute Gasteiger partial charge is 0.305 e. The van der Waals surface area contributed by atoms with Gasteiger partial charge in [-0.05, 0) is 25.2 Å². The Morgan fingerprint density at radius 1 is 0.739 bits per heavy atom. The molecule has 0 aromatic heterocycles. The van der Waals surface area contributed by atoms with E-state index >= 15 is 0 Å². The minimum atomic E-state index is -0.217. The largest absolute Gasteiger partial charge is 0.466 e. The van der Waals surface area contributed by atoms with Gasteiger partial charge in [-0.3, -0.25) is 9.59 Å². The van der Waals surface area contributed by atoms with Crippen molar-refractivity contribution in [2.75, 3.05) is 13.2 Å². The van der Waals surface area contributed by atoms with Crippen LogP contribution in [0.5, 0.6) is 0 Å². The molecule has 0 bridgehead atoms. The predicted octanol–water partition coefficient (Wildman–Crippen LogP) is 5.04. The van der Waals surface area contributed by atoms with Crippen LogP contribution < -0.4 is 0 Å². The summed E-state index contributed by atoms with van der Waals surface area (Å²) < 4.78 is 10.3. The van der Waals surface area contributed by atoms with Crippen molar-refractivity contribution >= 4 is 11.9 Å². The zero-order chi connectivity index (χ0) is 17.3. The van der Waals surface area contributed by atoms with Crippen molar-refractivity contribution < 1.29 is 19.1 Å². The molecule has 0 aromatic carbocycles. The molecule has 0 saturated heterocycles. The Labute approximate surface area is 142 Å². The van der Waals surface area contributed by atoms with Crippen LogP contribution in [0.2, 0.25) is 0 Å². The molecule has 0 aliphatic heterocycles. The molecule has 0 aliphatic carbocycles. The average Bonchev–Trinajstić information content (AvgIpc) is 2.49. The van der Waals surface area contributed by atoms with Crippen molar-refractivity contribution in [3.05, 3.63) is 0 Å². The summed E-state index contributed by atoms with van der Waals surface area (Å²) in [6, 6.07) is 0. The molecule has 0 aromatic rings. The molecule has 23 heavy (non-hydrogen) atoms. The first-order valence-corrected chi connectivity index (χ1v) is 9.37. The van der Waals surface area contributed by atoms with Gasteiger partial charge in [0.1, 0.15) is 0 Å². The molecule has 0 aliphatic rings. The molecule has 136 valence electrons. The molecule has 0 heterocycles. The van der Waals surface area contributed by atoms with Crippen molar-refractivity contribution in [2.45, 2.75) is 91.4 Å². The van der Waals surface area contributed by atoms with Gasteiger partial charge in [-0.15, -0.1) is 0 Å². The van der Waals surface area contributed by atoms with E-state index in [-0.39, 0.29) is 11.9 Å². The first-order valence-electron chi connectivity index (χ1n) is 9.37. The summed E-state index contributed by atoms with van der Waals surface area (Å²) in [6.45, 7) is 7.37. The Bertz CT molecular complexity index is 300. The van der Waals surface area contributed by atoms with Gasteiger partial charge in [-0.2, -0.15) is 0 Å². The lowest BCUT2D eigenvalue weighted by atomic mass is 10.1. The average molecular weight is 328 g/mol. The van der Waals surface area contributed by atoms with E-state index in [2.05, 4.69) is 20.8 Å². The van der Waals surface area contributed by atoms with E-state index in [0.29, 0.717) is 38.4 Å². The van der Waals surface area contributed by atoms with Crippen molar-refractivity contribution in [1.82, 2.24) is 0 Å². The van der Waals surface area contributed by atoms with Crippen LogP contribution in [0.3, 0.4) is 0 Å². The SMILES string of the molecule is CCCCCCCCCOC(=O)CCCC(=O)OCCC(C)C. The van der Waals surface area contributed by atoms with Gasteiger partial charge in [0.2, 0.25) is 0 Å². The first-order chi connectivity index (χ1) is 11.1. The van der Waals surface area contributed by atoms with E-state index in [0.717, 1.165) is 19.3 Å². The lowest BCUT2D eigenvalue weighted by Crippen LogP contribution is -2.10. The maximum absolute atomic E-state index is 11.5. The molecule has 0 rings (SSSR count). The molecule has 4 heteroatoms. The summed E-state index contributed by atoms with van der Waals surface area (Å²) in [5, 5.41) is 0. The van der Waals surface area contributed by atoms with E-state index in [1.165, 1.54) is 32.1 Å². The number of ether oxygens (including phenoxy) is 2. The van der Waals surface area contributed by atoms with Crippen LogP contribution in [-0.4, -0.2) is 25.2 Å². The maximum Gasteiger partial charge on any atom is 0.305 e. The van der Waals surface area contributed by atoms with Crippen molar-refractivity contribution in [3.63, 3.8) is 0 Å². The topological polar surface area (TPSA) is 52.6 Å². The van der Waals surface area contributed by atoms with Gasteiger partial charge in [-0.1, -0.05) is 59.3 Å². The summed E-state index contributed by atoms with van der Waals surface area (Å²) in [4.78, 5) is 23.0. The monoisotopic (exact) mass is 328 g/mol. The third-order valence-electron chi connectivity index (χ3n) is 3.73. The zero-order valence-electron chi connectivity index (χ0n) is 15.4. The van der Waals surface area contributed by atoms with E-state index in [1.807, 2.05) is 0 Å². The molecule has 0 N–H and O–H groups in total. The number of unbranched alkanes of at least 4 members (excludes halogenated alkanes) is 6. The molecular weight excluding hydrogens is 292 g/mol. The number of rotatable bonds is 15. The Kier molecular flexibility index (Phi) is 15.1. The lowest BCUT2D eigenvalue weighted by molar-refractivity contribution is -0.145. The normalized spacial score (nSPS) is 10.8. The summed E-state index contributed by atoms with van der Waals surface area (Å²) in [5.74, 6) is 0.112. The molecule has 0 radical (unpaired) electrons. The number of esters is 2. The summed E-state index contributed by atoms with van der Waals surface area (Å²) >= 11 is 0. The second kappa shape index (κ2) is 15.8. The molecule has 0 saturated carbocycles. The van der Waals surface area contributed by atoms with Gasteiger partial charge < -0.3 is 9.47 Å². The van der Waals surface area contributed by atoms with Crippen molar-refractivity contribution in [1.29, 1.82) is 0 Å². The van der Waals surface area contributed by atoms with Gasteiger partial charge in [0.15, 0.2) is 0 Å². The Morgan fingerprint density at radius 3 is 1.83 bits per heavy atom. The Morgan fingerprint density at radius 2 is 1.26 bits per heavy atom. The highest BCUT2D eigenvalue weighted by Crippen LogP contribution is 2.07. The summed E-state index contributed by atoms with van der Waals surface area (Å²) in [5.41, 5.74) is 0. The molecular formula is C19H36O4. The number of hydrogen-bond acceptors (Lipinski definition) is 4. The van der Waals surface area contributed by atoms with Gasteiger partial charge in [0, 0.05) is 12.8 Å². The maximum atomic E-state index is 11.5. The van der Waals surface area contributed by atoms with Crippen LogP contribution in [0.4, 0.5) is 0 Å². The van der Waals surface area contributed by atoms with Crippen LogP contribution in [0.25, 0.3) is 0 Å². The number of carbonyl (C=O) groups is 2. The fourth-order valence-electron chi connectivity index (χ4n) is 2.18. The van der Waals surface area contributed by atoms with Crippen LogP contribution in [0.1, 0.15) is 91.4 Å². The number of hydrogen-bond donors (Lipinski definition) is 0. The molecule has 0 fully saturated rings. The van der Waals surface area contributed by atoms with Crippen molar-refractivity contribution in [3.8, 4) is 0 Å². The van der Waals surface area contributed by atoms with Gasteiger partial charge in [-0.25, -0.2) is 0 Å². The third kappa shape index (κ3) is 17.1. The molecule has 0 spiro atoms. The molecule has 0 unspecified atom stereocenters. The molecule has 0 amide bonds. The highest BCUT2D eigenvalue weighted by Gasteiger charge is 2.07. The summed E-state index contributed by atoms with van der Waals surface area (Å²) in [6.07, 6.45) is 10.4. The van der Waals surface area contributed by atoms with E-state index in [1.54, 1.807) is 0 Å². The molecule has 4 nitrogen and oxygen atoms in total. The quantitative estimate of drug-likeness (QED) is 0.312. The Hall–Kier alpha value is -1.06. The summed E-state index contributed by atoms with van der Waals surface area (Å²) in [7, 11) is 0. The third-order valence-corrected chi connectivity index (χ3v) is 3.73. The predicted molar refractivity (Wildman–Crippen MR) is 93.2 cm³/mol. The van der Waals surface area contributed by atoms with Gasteiger partial charge in [0.05, 0.1) is 13.2 Å². The van der Waals surface area contributed by atoms with Gasteiger partial charge >= 0.3 is 11.9 Å². The van der Waals surface area contributed by atoms with Crippen molar-refractivity contribution in [2.24, 2.45) is 5.92 Å². The fourth-order valence-corrected chi connectivity index (χ4v) is 2.18. The van der Waals surface area contributed by atoms with Crippen LogP contribution in [0, 0.1) is 5.92 Å². The zero-order valence-corrected chi connectivity index (χ0v) is 15.4. The van der Waals surface area contributed by atoms with E-state index in [4.69, 9.17) is 9.47 Å². The first kappa shape index (κ1) is 21.9. The second-order valence-electron chi connectivity index (χ2n) is 6.60. The minimum absolute atomic E-state index is 0.203. The van der Waals surface area contributed by atoms with Gasteiger partial charge in [0.25, 0.3) is 0 Å². The number of carbonyl (C=O) groups excluding carboxylic acids is 2. The Balaban J connectivity index is 3.35. The minimum Gasteiger partial charge on any atom is -0.466 e. The standard InChI is InChI=1S/C19H36O4/c1-4-5-6-7-8-9-10-15-22-18(20)12-11-13-19(21)23-16-14-17(2)3/h17H,4-16H2,1-3H3. The molecule has 0 atom stereocenters. The van der Waals surface area contributed by atoms with E-state index < -0.39 is 0 Å². The fraction of sp³-hybridized carbons (Fsp3) is 0.895. The van der Waals surface area contributed by atoms with Crippen LogP contribution in [-0.2, 0) is 19.1 Å².